The van der Waals surface area contributed by atoms with Crippen LogP contribution in [0, 0.1) is 7.14 Å². The van der Waals surface area contributed by atoms with Gasteiger partial charge in [-0.1, -0.05) is 63.8 Å². The Bertz CT molecular complexity index is 488. The molecule has 124 valence electrons. The third kappa shape index (κ3) is 7.07. The standard InChI is InChI=1S/C22H30I/c1-3-5-7-9-19-11-15-21(16-12-19)23-22-17-13-20(14-18-22)10-8-6-4-2/h11-18H,3-10H2,1-2H3/q+1. The predicted octanol–water partition coefficient (Wildman–Crippen LogP) is 3.28. The Hall–Kier alpha value is -0.830. The average Bonchev–Trinajstić information content (AvgIpc) is 2.58. The number of hydrogen-bond acceptors (Lipinski definition) is 0. The number of halogens is 1. The van der Waals surface area contributed by atoms with Crippen LogP contribution in [0.4, 0.5) is 0 Å². The zero-order valence-corrected chi connectivity index (χ0v) is 16.8. The minimum absolute atomic E-state index is 0.0305. The van der Waals surface area contributed by atoms with Gasteiger partial charge in [-0.25, -0.2) is 0 Å². The Morgan fingerprint density at radius 3 is 1.30 bits per heavy atom. The first-order chi connectivity index (χ1) is 11.3. The summed E-state index contributed by atoms with van der Waals surface area (Å²) in [5, 5.41) is 0. The topological polar surface area (TPSA) is 0 Å². The van der Waals surface area contributed by atoms with Gasteiger partial charge >= 0.3 is 21.2 Å². The summed E-state index contributed by atoms with van der Waals surface area (Å²) in [6.07, 6.45) is 10.4. The van der Waals surface area contributed by atoms with Gasteiger partial charge < -0.3 is 0 Å². The summed E-state index contributed by atoms with van der Waals surface area (Å²) in [6.45, 7) is 4.53. The molecule has 0 amide bonds. The van der Waals surface area contributed by atoms with Crippen molar-refractivity contribution in [2.45, 2.75) is 65.2 Å². The van der Waals surface area contributed by atoms with Crippen LogP contribution in [-0.4, -0.2) is 0 Å². The van der Waals surface area contributed by atoms with Gasteiger partial charge in [-0.3, -0.25) is 0 Å². The molecule has 0 N–H and O–H groups in total. The van der Waals surface area contributed by atoms with Crippen molar-refractivity contribution in [3.63, 3.8) is 0 Å². The van der Waals surface area contributed by atoms with Gasteiger partial charge in [0, 0.05) is 0 Å². The molecule has 23 heavy (non-hydrogen) atoms. The van der Waals surface area contributed by atoms with E-state index in [4.69, 9.17) is 0 Å². The third-order valence-corrected chi connectivity index (χ3v) is 6.87. The van der Waals surface area contributed by atoms with Gasteiger partial charge in [-0.2, -0.15) is 0 Å². The van der Waals surface area contributed by atoms with Crippen LogP contribution in [0.5, 0.6) is 0 Å². The fourth-order valence-electron chi connectivity index (χ4n) is 2.71. The van der Waals surface area contributed by atoms with E-state index in [0.29, 0.717) is 0 Å². The second kappa shape index (κ2) is 10.9. The van der Waals surface area contributed by atoms with Crippen LogP contribution in [0.3, 0.4) is 0 Å². The minimum atomic E-state index is -0.0305. The Kier molecular flexibility index (Phi) is 8.73. The van der Waals surface area contributed by atoms with Crippen LogP contribution < -0.4 is 21.2 Å². The van der Waals surface area contributed by atoms with Crippen LogP contribution in [0.15, 0.2) is 48.5 Å². The molecule has 0 saturated carbocycles. The van der Waals surface area contributed by atoms with Crippen molar-refractivity contribution in [3.8, 4) is 0 Å². The summed E-state index contributed by atoms with van der Waals surface area (Å²) in [6, 6.07) is 18.8. The molecule has 0 heterocycles. The van der Waals surface area contributed by atoms with Crippen molar-refractivity contribution >= 4 is 0 Å². The summed E-state index contributed by atoms with van der Waals surface area (Å²) in [4.78, 5) is 0. The number of benzene rings is 2. The van der Waals surface area contributed by atoms with E-state index >= 15 is 0 Å². The molecule has 0 nitrogen and oxygen atoms in total. The fraction of sp³-hybridized carbons (Fsp3) is 0.455. The molecule has 0 atom stereocenters. The maximum atomic E-state index is 2.35. The SMILES string of the molecule is CCCCCc1ccc([I+]c2ccc(CCCCC)cc2)cc1. The van der Waals surface area contributed by atoms with E-state index in [9.17, 15) is 0 Å². The number of aryl methyl sites for hydroxylation is 2. The minimum Gasteiger partial charge on any atom is -0.0654 e. The van der Waals surface area contributed by atoms with Gasteiger partial charge in [-0.05, 0) is 61.1 Å². The van der Waals surface area contributed by atoms with Gasteiger partial charge in [0.25, 0.3) is 0 Å². The maximum absolute atomic E-state index is 2.35. The molecule has 0 aliphatic heterocycles. The molecule has 2 aromatic rings. The summed E-state index contributed by atoms with van der Waals surface area (Å²) < 4.78 is 3.06. The molecular weight excluding hydrogens is 391 g/mol. The molecule has 2 rings (SSSR count). The quantitative estimate of drug-likeness (QED) is 0.408. The summed E-state index contributed by atoms with van der Waals surface area (Å²) in [5.41, 5.74) is 3.00. The van der Waals surface area contributed by atoms with Crippen molar-refractivity contribution in [3.05, 3.63) is 66.8 Å². The van der Waals surface area contributed by atoms with Crippen molar-refractivity contribution in [1.29, 1.82) is 0 Å². The second-order valence-corrected chi connectivity index (χ2v) is 9.29. The molecule has 0 saturated heterocycles. The molecule has 0 aromatic heterocycles. The first kappa shape index (κ1) is 18.5. The zero-order chi connectivity index (χ0) is 16.3. The highest BCUT2D eigenvalue weighted by Gasteiger charge is 2.14. The lowest BCUT2D eigenvalue weighted by atomic mass is 10.1. The van der Waals surface area contributed by atoms with Crippen LogP contribution >= 0.6 is 0 Å². The molecule has 0 bridgehead atoms. The third-order valence-electron chi connectivity index (χ3n) is 4.18. The molecule has 1 heteroatoms. The van der Waals surface area contributed by atoms with Gasteiger partial charge in [0.15, 0.2) is 7.14 Å². The van der Waals surface area contributed by atoms with Crippen molar-refractivity contribution in [2.24, 2.45) is 0 Å². The normalized spacial score (nSPS) is 10.9. The number of hydrogen-bond donors (Lipinski definition) is 0. The number of rotatable bonds is 10. The summed E-state index contributed by atoms with van der Waals surface area (Å²) in [7, 11) is 0. The van der Waals surface area contributed by atoms with Gasteiger partial charge in [0.05, 0.1) is 0 Å². The molecule has 0 radical (unpaired) electrons. The van der Waals surface area contributed by atoms with E-state index < -0.39 is 0 Å². The zero-order valence-electron chi connectivity index (χ0n) is 14.7. The lowest BCUT2D eigenvalue weighted by molar-refractivity contribution is -0.597. The van der Waals surface area contributed by atoms with Crippen LogP contribution in [0.1, 0.15) is 63.5 Å². The first-order valence-corrected chi connectivity index (χ1v) is 11.3. The maximum Gasteiger partial charge on any atom is 0.357 e. The number of unbranched alkanes of at least 4 members (excludes halogenated alkanes) is 4. The molecule has 0 unspecified atom stereocenters. The van der Waals surface area contributed by atoms with Crippen molar-refractivity contribution < 1.29 is 21.2 Å². The van der Waals surface area contributed by atoms with E-state index in [1.165, 1.54) is 69.6 Å². The van der Waals surface area contributed by atoms with Gasteiger partial charge in [-0.15, -0.1) is 0 Å². The smallest absolute Gasteiger partial charge is 0.0654 e. The Morgan fingerprint density at radius 1 is 0.565 bits per heavy atom. The lowest BCUT2D eigenvalue weighted by Gasteiger charge is -2.00. The molecule has 0 aliphatic rings. The van der Waals surface area contributed by atoms with Crippen molar-refractivity contribution in [1.82, 2.24) is 0 Å². The summed E-state index contributed by atoms with van der Waals surface area (Å²) in [5.74, 6) is 0. The molecule has 0 fully saturated rings. The van der Waals surface area contributed by atoms with E-state index in [-0.39, 0.29) is 21.2 Å². The highest BCUT2D eigenvalue weighted by Crippen LogP contribution is 2.07. The molecule has 2 aromatic carbocycles. The van der Waals surface area contributed by atoms with E-state index in [2.05, 4.69) is 62.4 Å². The highest BCUT2D eigenvalue weighted by molar-refractivity contribution is 5.16. The van der Waals surface area contributed by atoms with Crippen LogP contribution in [0.25, 0.3) is 0 Å². The average molecular weight is 421 g/mol. The molecular formula is C22H30I+. The predicted molar refractivity (Wildman–Crippen MR) is 96.7 cm³/mol. The van der Waals surface area contributed by atoms with E-state index in [1.54, 1.807) is 0 Å². The van der Waals surface area contributed by atoms with E-state index in [0.717, 1.165) is 0 Å². The monoisotopic (exact) mass is 421 g/mol. The van der Waals surface area contributed by atoms with Crippen molar-refractivity contribution in [2.75, 3.05) is 0 Å². The van der Waals surface area contributed by atoms with Crippen LogP contribution in [0.2, 0.25) is 0 Å². The Morgan fingerprint density at radius 2 is 0.957 bits per heavy atom. The van der Waals surface area contributed by atoms with E-state index in [1.807, 2.05) is 0 Å². The van der Waals surface area contributed by atoms with Gasteiger partial charge in [0.1, 0.15) is 0 Å². The summed E-state index contributed by atoms with van der Waals surface area (Å²) >= 11 is -0.0305. The largest absolute Gasteiger partial charge is 0.357 e. The first-order valence-electron chi connectivity index (χ1n) is 9.14. The fourth-order valence-corrected chi connectivity index (χ4v) is 4.87. The lowest BCUT2D eigenvalue weighted by Crippen LogP contribution is -3.61. The Balaban J connectivity index is 1.84. The van der Waals surface area contributed by atoms with Gasteiger partial charge in [0.2, 0.25) is 0 Å². The van der Waals surface area contributed by atoms with Crippen LogP contribution in [-0.2, 0) is 12.8 Å². The highest BCUT2D eigenvalue weighted by atomic mass is 127. The molecule has 0 aliphatic carbocycles. The molecule has 0 spiro atoms. The second-order valence-electron chi connectivity index (χ2n) is 6.26. The Labute approximate surface area is 153 Å².